The smallest absolute Gasteiger partial charge is 0.257 e. The first kappa shape index (κ1) is 10.7. The number of hydrogen-bond acceptors (Lipinski definition) is 4. The molecule has 0 spiro atoms. The van der Waals surface area contributed by atoms with Gasteiger partial charge in [-0.2, -0.15) is 16.4 Å². The fraction of sp³-hybridized carbons (Fsp3) is 0.200. The van der Waals surface area contributed by atoms with Crippen molar-refractivity contribution in [3.05, 3.63) is 28.1 Å². The minimum absolute atomic E-state index is 0.158. The Morgan fingerprint density at radius 3 is 2.81 bits per heavy atom. The molecule has 0 saturated carbocycles. The highest BCUT2D eigenvalue weighted by Crippen LogP contribution is 2.19. The number of aryl methyl sites for hydroxylation is 2. The normalized spacial score (nSPS) is 10.4. The van der Waals surface area contributed by atoms with Crippen molar-refractivity contribution in [1.29, 1.82) is 0 Å². The number of nitrogens with two attached hydrogens (primary N) is 1. The topological polar surface area (TPSA) is 72.9 Å². The fourth-order valence-electron chi connectivity index (χ4n) is 1.38. The van der Waals surface area contributed by atoms with E-state index in [1.165, 1.54) is 22.2 Å². The maximum absolute atomic E-state index is 11.9. The van der Waals surface area contributed by atoms with E-state index in [0.717, 1.165) is 5.56 Å². The number of thiophene rings is 1. The van der Waals surface area contributed by atoms with E-state index in [9.17, 15) is 4.79 Å². The van der Waals surface area contributed by atoms with E-state index >= 15 is 0 Å². The van der Waals surface area contributed by atoms with Crippen LogP contribution in [0.25, 0.3) is 0 Å². The maximum Gasteiger partial charge on any atom is 0.257 e. The van der Waals surface area contributed by atoms with Crippen molar-refractivity contribution in [2.45, 2.75) is 6.92 Å². The molecule has 0 aliphatic heterocycles. The summed E-state index contributed by atoms with van der Waals surface area (Å²) in [6.07, 6.45) is 1.51. The van der Waals surface area contributed by atoms with Gasteiger partial charge in [-0.1, -0.05) is 0 Å². The summed E-state index contributed by atoms with van der Waals surface area (Å²) >= 11 is 1.50. The average Bonchev–Trinajstić information content (AvgIpc) is 2.79. The Morgan fingerprint density at radius 2 is 2.31 bits per heavy atom. The number of rotatable bonds is 2. The maximum atomic E-state index is 11.9. The van der Waals surface area contributed by atoms with Crippen molar-refractivity contribution in [1.82, 2.24) is 9.78 Å². The van der Waals surface area contributed by atoms with E-state index in [1.807, 2.05) is 17.7 Å². The van der Waals surface area contributed by atoms with Crippen LogP contribution in [0.5, 0.6) is 0 Å². The minimum Gasteiger partial charge on any atom is -0.394 e. The molecular weight excluding hydrogens is 224 g/mol. The lowest BCUT2D eigenvalue weighted by atomic mass is 10.2. The van der Waals surface area contributed by atoms with Crippen LogP contribution >= 0.6 is 11.3 Å². The molecule has 3 N–H and O–H groups in total. The standard InChI is InChI=1S/C10H12N4OS/c1-6-4-16-5-7(6)10(15)13-9-8(11)3-12-14(9)2/h3-5H,11H2,1-2H3,(H,13,15). The van der Waals surface area contributed by atoms with Gasteiger partial charge in [-0.05, 0) is 17.9 Å². The van der Waals surface area contributed by atoms with Crippen LogP contribution in [-0.2, 0) is 7.05 Å². The van der Waals surface area contributed by atoms with Crippen LogP contribution in [0.3, 0.4) is 0 Å². The largest absolute Gasteiger partial charge is 0.394 e. The van der Waals surface area contributed by atoms with Gasteiger partial charge in [0.2, 0.25) is 0 Å². The summed E-state index contributed by atoms with van der Waals surface area (Å²) in [5.41, 5.74) is 7.78. The summed E-state index contributed by atoms with van der Waals surface area (Å²) in [4.78, 5) is 11.9. The highest BCUT2D eigenvalue weighted by molar-refractivity contribution is 7.08. The summed E-state index contributed by atoms with van der Waals surface area (Å²) < 4.78 is 1.54. The van der Waals surface area contributed by atoms with Gasteiger partial charge in [-0.3, -0.25) is 9.48 Å². The number of anilines is 2. The highest BCUT2D eigenvalue weighted by atomic mass is 32.1. The van der Waals surface area contributed by atoms with E-state index in [2.05, 4.69) is 10.4 Å². The monoisotopic (exact) mass is 236 g/mol. The number of nitrogen functional groups attached to an aromatic ring is 1. The molecule has 0 bridgehead atoms. The second-order valence-corrected chi connectivity index (χ2v) is 4.24. The van der Waals surface area contributed by atoms with Crippen molar-refractivity contribution in [3.63, 3.8) is 0 Å². The van der Waals surface area contributed by atoms with E-state index in [4.69, 9.17) is 5.73 Å². The summed E-state index contributed by atoms with van der Waals surface area (Å²) in [5.74, 6) is 0.365. The summed E-state index contributed by atoms with van der Waals surface area (Å²) in [6.45, 7) is 1.90. The van der Waals surface area contributed by atoms with Gasteiger partial charge >= 0.3 is 0 Å². The van der Waals surface area contributed by atoms with Gasteiger partial charge in [0.25, 0.3) is 5.91 Å². The van der Waals surface area contributed by atoms with Crippen LogP contribution in [0, 0.1) is 6.92 Å². The number of amides is 1. The Bertz CT molecular complexity index is 509. The molecule has 6 heteroatoms. The molecule has 2 heterocycles. The first-order chi connectivity index (χ1) is 7.59. The van der Waals surface area contributed by atoms with Crippen LogP contribution in [0.2, 0.25) is 0 Å². The molecule has 0 aromatic carbocycles. The Morgan fingerprint density at radius 1 is 1.56 bits per heavy atom. The summed E-state index contributed by atoms with van der Waals surface area (Å²) in [7, 11) is 1.73. The lowest BCUT2D eigenvalue weighted by Crippen LogP contribution is -2.15. The zero-order valence-electron chi connectivity index (χ0n) is 9.02. The molecule has 0 fully saturated rings. The number of nitrogens with one attached hydrogen (secondary N) is 1. The number of aromatic nitrogens is 2. The van der Waals surface area contributed by atoms with Crippen LogP contribution in [-0.4, -0.2) is 15.7 Å². The molecule has 2 aromatic rings. The molecule has 0 radical (unpaired) electrons. The zero-order chi connectivity index (χ0) is 11.7. The third-order valence-electron chi connectivity index (χ3n) is 2.30. The van der Waals surface area contributed by atoms with Crippen molar-refractivity contribution in [3.8, 4) is 0 Å². The molecule has 0 atom stereocenters. The molecule has 0 unspecified atom stereocenters. The number of carbonyl (C=O) groups excluding carboxylic acids is 1. The average molecular weight is 236 g/mol. The van der Waals surface area contributed by atoms with Crippen molar-refractivity contribution in [2.24, 2.45) is 7.05 Å². The SMILES string of the molecule is Cc1cscc1C(=O)Nc1c(N)cnn1C. The van der Waals surface area contributed by atoms with Crippen LogP contribution in [0.4, 0.5) is 11.5 Å². The third-order valence-corrected chi connectivity index (χ3v) is 3.16. The third kappa shape index (κ3) is 1.79. The molecule has 0 aliphatic carbocycles. The summed E-state index contributed by atoms with van der Waals surface area (Å²) in [5, 5.41) is 10.4. The second kappa shape index (κ2) is 3.97. The molecule has 84 valence electrons. The Kier molecular flexibility index (Phi) is 2.66. The van der Waals surface area contributed by atoms with Crippen molar-refractivity contribution in [2.75, 3.05) is 11.1 Å². The minimum atomic E-state index is -0.158. The first-order valence-electron chi connectivity index (χ1n) is 4.71. The van der Waals surface area contributed by atoms with E-state index in [1.54, 1.807) is 7.05 Å². The summed E-state index contributed by atoms with van der Waals surface area (Å²) in [6, 6.07) is 0. The molecule has 0 saturated heterocycles. The van der Waals surface area contributed by atoms with Gasteiger partial charge in [0.15, 0.2) is 5.82 Å². The van der Waals surface area contributed by atoms with Crippen LogP contribution in [0.15, 0.2) is 17.0 Å². The quantitative estimate of drug-likeness (QED) is 0.832. The number of hydrogen-bond donors (Lipinski definition) is 2. The lowest BCUT2D eigenvalue weighted by molar-refractivity contribution is 0.102. The zero-order valence-corrected chi connectivity index (χ0v) is 9.84. The molecular formula is C10H12N4OS. The van der Waals surface area contributed by atoms with Gasteiger partial charge < -0.3 is 11.1 Å². The van der Waals surface area contributed by atoms with Gasteiger partial charge in [-0.25, -0.2) is 0 Å². The van der Waals surface area contributed by atoms with Gasteiger partial charge in [0.1, 0.15) is 0 Å². The Labute approximate surface area is 96.9 Å². The predicted molar refractivity (Wildman–Crippen MR) is 64.6 cm³/mol. The Hall–Kier alpha value is -1.82. The Balaban J connectivity index is 2.24. The highest BCUT2D eigenvalue weighted by Gasteiger charge is 2.13. The van der Waals surface area contributed by atoms with Crippen LogP contribution < -0.4 is 11.1 Å². The number of carbonyl (C=O) groups is 1. The molecule has 0 aliphatic rings. The predicted octanol–water partition coefficient (Wildman–Crippen LogP) is 1.62. The van der Waals surface area contributed by atoms with E-state index in [-0.39, 0.29) is 5.91 Å². The van der Waals surface area contributed by atoms with E-state index in [0.29, 0.717) is 17.1 Å². The molecule has 16 heavy (non-hydrogen) atoms. The van der Waals surface area contributed by atoms with E-state index < -0.39 is 0 Å². The fourth-order valence-corrected chi connectivity index (χ4v) is 2.20. The molecule has 2 aromatic heterocycles. The first-order valence-corrected chi connectivity index (χ1v) is 5.65. The van der Waals surface area contributed by atoms with Crippen LogP contribution in [0.1, 0.15) is 15.9 Å². The number of nitrogens with zero attached hydrogens (tertiary/aromatic N) is 2. The lowest BCUT2D eigenvalue weighted by Gasteiger charge is -2.05. The molecule has 5 nitrogen and oxygen atoms in total. The van der Waals surface area contributed by atoms with Gasteiger partial charge in [-0.15, -0.1) is 0 Å². The second-order valence-electron chi connectivity index (χ2n) is 3.49. The van der Waals surface area contributed by atoms with Crippen molar-refractivity contribution < 1.29 is 4.79 Å². The van der Waals surface area contributed by atoms with Gasteiger partial charge in [0.05, 0.1) is 17.4 Å². The molecule has 2 rings (SSSR count). The van der Waals surface area contributed by atoms with Crippen molar-refractivity contribution >= 4 is 28.7 Å². The molecule has 1 amide bonds. The van der Waals surface area contributed by atoms with Gasteiger partial charge in [0, 0.05) is 12.4 Å².